The van der Waals surface area contributed by atoms with Gasteiger partial charge in [0.2, 0.25) is 5.91 Å². The lowest BCUT2D eigenvalue weighted by Gasteiger charge is -2.20. The molecule has 0 radical (unpaired) electrons. The molecule has 1 aliphatic rings. The zero-order chi connectivity index (χ0) is 23.1. The van der Waals surface area contributed by atoms with Crippen molar-refractivity contribution < 1.29 is 19.5 Å². The molecule has 31 heavy (non-hydrogen) atoms. The van der Waals surface area contributed by atoms with E-state index in [-0.39, 0.29) is 11.7 Å². The molecule has 2 heterocycles. The van der Waals surface area contributed by atoms with Crippen molar-refractivity contribution in [3.05, 3.63) is 52.6 Å². The average Bonchev–Trinajstić information content (AvgIpc) is 3.05. The highest BCUT2D eigenvalue weighted by molar-refractivity contribution is 7.97. The van der Waals surface area contributed by atoms with Crippen LogP contribution in [0.2, 0.25) is 0 Å². The van der Waals surface area contributed by atoms with E-state index < -0.39 is 11.7 Å². The Morgan fingerprint density at radius 1 is 1.23 bits per heavy atom. The Hall–Kier alpha value is -2.66. The number of amides is 2. The number of aliphatic hydroxyl groups is 1. The van der Waals surface area contributed by atoms with Crippen molar-refractivity contribution >= 4 is 51.6 Å². The summed E-state index contributed by atoms with van der Waals surface area (Å²) in [5.74, 6) is -1.39. The van der Waals surface area contributed by atoms with Crippen LogP contribution in [0.4, 0.5) is 10.7 Å². The molecule has 1 aromatic heterocycles. The minimum atomic E-state index is -0.679. The van der Waals surface area contributed by atoms with Crippen molar-refractivity contribution in [3.63, 3.8) is 0 Å². The number of anilines is 2. The Bertz CT molecular complexity index is 986. The first kappa shape index (κ1) is 24.6. The highest BCUT2D eigenvalue weighted by atomic mass is 32.2. The number of thiophene rings is 1. The number of benzene rings is 1. The number of nitrogens with two attached hydrogens (primary N) is 1. The maximum Gasteiger partial charge on any atom is 0.290 e. The quantitative estimate of drug-likeness (QED) is 0.198. The molecular formula is C21H26N4O4S2. The molecule has 0 saturated carbocycles. The summed E-state index contributed by atoms with van der Waals surface area (Å²) in [6.45, 7) is 8.88. The molecule has 6 N–H and O–H groups in total. The van der Waals surface area contributed by atoms with E-state index in [1.807, 2.05) is 24.3 Å². The monoisotopic (exact) mass is 462 g/mol. The van der Waals surface area contributed by atoms with Gasteiger partial charge in [-0.05, 0) is 62.0 Å². The second-order valence-corrected chi connectivity index (χ2v) is 8.79. The van der Waals surface area contributed by atoms with Crippen molar-refractivity contribution in [2.45, 2.75) is 44.7 Å². The maximum absolute atomic E-state index is 11.8. The van der Waals surface area contributed by atoms with Gasteiger partial charge in [-0.3, -0.25) is 19.5 Å². The summed E-state index contributed by atoms with van der Waals surface area (Å²) in [7, 11) is 0. The van der Waals surface area contributed by atoms with Gasteiger partial charge in [0, 0.05) is 35.0 Å². The lowest BCUT2D eigenvalue weighted by atomic mass is 9.97. The predicted octanol–water partition coefficient (Wildman–Crippen LogP) is 3.61. The first-order valence-electron chi connectivity index (χ1n) is 9.44. The highest BCUT2D eigenvalue weighted by Gasteiger charge is 2.26. The molecule has 1 aliphatic heterocycles. The normalized spacial score (nSPS) is 14.5. The second kappa shape index (κ2) is 11.1. The number of hydrogen-bond acceptors (Lipinski definition) is 8. The zero-order valence-electron chi connectivity index (χ0n) is 17.6. The molecule has 2 amide bonds. The Balaban J connectivity index is 0.000000245. The van der Waals surface area contributed by atoms with E-state index in [9.17, 15) is 14.4 Å². The SMILES string of the molecule is C=C(O)C(=O)Nc1sc2c(c1C(C)=O)C[C@@H](C)NC2.CC(=O)Nc1ccc(SN)cc1. The first-order valence-corrected chi connectivity index (χ1v) is 11.1. The Labute approximate surface area is 189 Å². The summed E-state index contributed by atoms with van der Waals surface area (Å²) in [5, 5.41) is 23.4. The number of aliphatic hydroxyl groups excluding tert-OH is 1. The lowest BCUT2D eigenvalue weighted by Crippen LogP contribution is -2.32. The molecule has 3 rings (SSSR count). The van der Waals surface area contributed by atoms with Gasteiger partial charge < -0.3 is 21.1 Å². The molecule has 2 aromatic rings. The Morgan fingerprint density at radius 2 is 1.87 bits per heavy atom. The number of ketones is 1. The molecule has 0 spiro atoms. The minimum Gasteiger partial charge on any atom is -0.503 e. The molecule has 8 nitrogen and oxygen atoms in total. The molecule has 0 aliphatic carbocycles. The van der Waals surface area contributed by atoms with Crippen molar-refractivity contribution in [3.8, 4) is 0 Å². The van der Waals surface area contributed by atoms with E-state index in [4.69, 9.17) is 10.2 Å². The van der Waals surface area contributed by atoms with Crippen molar-refractivity contribution in [2.75, 3.05) is 10.6 Å². The van der Waals surface area contributed by atoms with Gasteiger partial charge in [0.1, 0.15) is 5.00 Å². The van der Waals surface area contributed by atoms with E-state index in [1.54, 1.807) is 0 Å². The van der Waals surface area contributed by atoms with E-state index in [1.165, 1.54) is 37.1 Å². The van der Waals surface area contributed by atoms with Gasteiger partial charge in [-0.25, -0.2) is 0 Å². The van der Waals surface area contributed by atoms with E-state index in [2.05, 4.69) is 29.5 Å². The van der Waals surface area contributed by atoms with Crippen LogP contribution < -0.4 is 21.1 Å². The van der Waals surface area contributed by atoms with Crippen LogP contribution in [-0.2, 0) is 22.6 Å². The molecule has 0 fully saturated rings. The minimum absolute atomic E-state index is 0.0665. The molecule has 1 atom stereocenters. The smallest absolute Gasteiger partial charge is 0.290 e. The third-order valence-corrected chi connectivity index (χ3v) is 6.06. The van der Waals surface area contributed by atoms with Gasteiger partial charge in [-0.2, -0.15) is 0 Å². The van der Waals surface area contributed by atoms with Gasteiger partial charge in [0.05, 0.1) is 5.56 Å². The van der Waals surface area contributed by atoms with E-state index in [0.29, 0.717) is 23.2 Å². The largest absolute Gasteiger partial charge is 0.503 e. The Morgan fingerprint density at radius 3 is 2.39 bits per heavy atom. The average molecular weight is 463 g/mol. The van der Waals surface area contributed by atoms with Crippen LogP contribution in [0.3, 0.4) is 0 Å². The maximum atomic E-state index is 11.8. The van der Waals surface area contributed by atoms with Crippen LogP contribution in [0.1, 0.15) is 41.6 Å². The second-order valence-electron chi connectivity index (χ2n) is 6.97. The first-order chi connectivity index (χ1) is 14.6. The highest BCUT2D eigenvalue weighted by Crippen LogP contribution is 2.36. The summed E-state index contributed by atoms with van der Waals surface area (Å²) < 4.78 is 0. The molecular weight excluding hydrogens is 436 g/mol. The molecule has 1 aromatic carbocycles. The number of carbonyl (C=O) groups excluding carboxylic acids is 3. The van der Waals surface area contributed by atoms with Gasteiger partial charge in [-0.15, -0.1) is 11.3 Å². The number of hydrogen-bond donors (Lipinski definition) is 5. The topological polar surface area (TPSA) is 134 Å². The van der Waals surface area contributed by atoms with Crippen LogP contribution in [0, 0.1) is 0 Å². The Kier molecular flexibility index (Phi) is 8.81. The number of rotatable bonds is 5. The summed E-state index contributed by atoms with van der Waals surface area (Å²) in [6, 6.07) is 7.65. The van der Waals surface area contributed by atoms with Gasteiger partial charge in [0.25, 0.3) is 5.91 Å². The van der Waals surface area contributed by atoms with Crippen molar-refractivity contribution in [1.29, 1.82) is 0 Å². The van der Waals surface area contributed by atoms with Crippen LogP contribution in [0.5, 0.6) is 0 Å². The van der Waals surface area contributed by atoms with Gasteiger partial charge in [-0.1, -0.05) is 6.58 Å². The fourth-order valence-corrected chi connectivity index (χ4v) is 4.49. The van der Waals surface area contributed by atoms with Crippen molar-refractivity contribution in [1.82, 2.24) is 5.32 Å². The summed E-state index contributed by atoms with van der Waals surface area (Å²) >= 11 is 2.55. The standard InChI is InChI=1S/C13H16N2O3S.C8H10N2OS/c1-6-4-9-10(5-14-6)19-13(11(9)7(2)16)15-12(18)8(3)17;1-6(11)10-7-2-4-8(12-9)5-3-7/h6,14,17H,3-5H2,1-2H3,(H,15,18);2-5H,9H2,1H3,(H,10,11)/t6-;/m1./s1. The summed E-state index contributed by atoms with van der Waals surface area (Å²) in [4.78, 5) is 36.0. The predicted molar refractivity (Wildman–Crippen MR) is 126 cm³/mol. The lowest BCUT2D eigenvalue weighted by molar-refractivity contribution is -0.115. The van der Waals surface area contributed by atoms with Gasteiger partial charge >= 0.3 is 0 Å². The molecule has 0 saturated heterocycles. The number of Topliss-reactive ketones (excluding diaryl/α,β-unsaturated/α-hetero) is 1. The third kappa shape index (κ3) is 6.93. The van der Waals surface area contributed by atoms with Gasteiger partial charge in [0.15, 0.2) is 11.5 Å². The zero-order valence-corrected chi connectivity index (χ0v) is 19.2. The fraction of sp³-hybridized carbons (Fsp3) is 0.286. The summed E-state index contributed by atoms with van der Waals surface area (Å²) in [5.41, 5.74) is 2.35. The molecule has 0 unspecified atom stereocenters. The van der Waals surface area contributed by atoms with Crippen LogP contribution >= 0.6 is 23.3 Å². The van der Waals surface area contributed by atoms with Crippen LogP contribution in [0.25, 0.3) is 0 Å². The van der Waals surface area contributed by atoms with Crippen molar-refractivity contribution in [2.24, 2.45) is 5.14 Å². The fourth-order valence-electron chi connectivity index (χ4n) is 2.97. The molecule has 166 valence electrons. The third-order valence-electron chi connectivity index (χ3n) is 4.36. The number of fused-ring (bicyclic) bond motifs is 1. The van der Waals surface area contributed by atoms with E-state index >= 15 is 0 Å². The summed E-state index contributed by atoms with van der Waals surface area (Å²) in [6.07, 6.45) is 0.761. The number of carbonyl (C=O) groups is 3. The van der Waals surface area contributed by atoms with Crippen LogP contribution in [-0.4, -0.2) is 28.7 Å². The van der Waals surface area contributed by atoms with E-state index in [0.717, 1.165) is 27.4 Å². The molecule has 0 bridgehead atoms. The molecule has 10 heteroatoms. The number of nitrogens with one attached hydrogen (secondary N) is 3. The van der Waals surface area contributed by atoms with Crippen LogP contribution in [0.15, 0.2) is 41.5 Å².